The van der Waals surface area contributed by atoms with Crippen LogP contribution in [0.15, 0.2) is 24.3 Å². The maximum Gasteiger partial charge on any atom is 0.341 e. The van der Waals surface area contributed by atoms with Crippen LogP contribution in [0.4, 0.5) is 0 Å². The van der Waals surface area contributed by atoms with Gasteiger partial charge in [-0.25, -0.2) is 4.79 Å². The lowest BCUT2D eigenvalue weighted by molar-refractivity contribution is -0.178. The Morgan fingerprint density at radius 2 is 2.15 bits per heavy atom. The number of hydrogen-bond donors (Lipinski definition) is 1. The molecule has 1 aromatic carbocycles. The molecule has 1 aliphatic rings. The average Bonchev–Trinajstić information content (AvgIpc) is 2.97. The van der Waals surface area contributed by atoms with Crippen molar-refractivity contribution in [2.24, 2.45) is 0 Å². The summed E-state index contributed by atoms with van der Waals surface area (Å²) in [5.74, 6) is 0.194. The molecule has 110 valence electrons. The third-order valence-corrected chi connectivity index (χ3v) is 3.53. The summed E-state index contributed by atoms with van der Waals surface area (Å²) in [5, 5.41) is 10.5. The lowest BCUT2D eigenvalue weighted by atomic mass is 9.88. The quantitative estimate of drug-likeness (QED) is 0.834. The van der Waals surface area contributed by atoms with Crippen molar-refractivity contribution in [2.75, 3.05) is 20.3 Å². The molecule has 5 nitrogen and oxygen atoms in total. The van der Waals surface area contributed by atoms with Crippen molar-refractivity contribution in [3.8, 4) is 5.75 Å². The van der Waals surface area contributed by atoms with Crippen LogP contribution in [0.25, 0.3) is 0 Å². The van der Waals surface area contributed by atoms with Gasteiger partial charge in [0.25, 0.3) is 0 Å². The van der Waals surface area contributed by atoms with E-state index in [2.05, 4.69) is 0 Å². The second-order valence-corrected chi connectivity index (χ2v) is 4.74. The lowest BCUT2D eigenvalue weighted by Gasteiger charge is -2.30. The van der Waals surface area contributed by atoms with E-state index in [-0.39, 0.29) is 0 Å². The minimum atomic E-state index is -1.29. The number of rotatable bonds is 5. The van der Waals surface area contributed by atoms with E-state index in [0.29, 0.717) is 25.2 Å². The highest BCUT2D eigenvalue weighted by Gasteiger charge is 2.50. The Bertz CT molecular complexity index is 448. The maximum atomic E-state index is 12.0. The molecule has 1 saturated heterocycles. The monoisotopic (exact) mass is 280 g/mol. The number of carbonyl (C=O) groups excluding carboxylic acids is 1. The van der Waals surface area contributed by atoms with Gasteiger partial charge < -0.3 is 19.3 Å². The number of aliphatic hydroxyl groups excluding tert-OH is 1. The molecule has 1 N–H and O–H groups in total. The highest BCUT2D eigenvalue weighted by atomic mass is 16.6. The number of esters is 1. The first kappa shape index (κ1) is 14.8. The molecule has 0 amide bonds. The standard InChI is InChI=1S/C15H20O5/c1-3-19-12-7-5-11(6-8-12)13(16)15(14(17)18-2)9-4-10-20-15/h5-8,13,16H,3-4,9-10H2,1-2H3. The predicted octanol–water partition coefficient (Wildman–Crippen LogP) is 1.84. The van der Waals surface area contributed by atoms with Gasteiger partial charge in [-0.05, 0) is 37.5 Å². The van der Waals surface area contributed by atoms with Gasteiger partial charge in [0.1, 0.15) is 11.9 Å². The summed E-state index contributed by atoms with van der Waals surface area (Å²) < 4.78 is 15.7. The zero-order chi connectivity index (χ0) is 14.6. The Kier molecular flexibility index (Phi) is 4.62. The van der Waals surface area contributed by atoms with Crippen LogP contribution >= 0.6 is 0 Å². The summed E-state index contributed by atoms with van der Waals surface area (Å²) in [4.78, 5) is 12.0. The minimum absolute atomic E-state index is 0.448. The fourth-order valence-corrected chi connectivity index (χ4v) is 2.50. The molecule has 0 aromatic heterocycles. The van der Waals surface area contributed by atoms with Gasteiger partial charge >= 0.3 is 5.97 Å². The van der Waals surface area contributed by atoms with Gasteiger partial charge in [0.2, 0.25) is 0 Å². The van der Waals surface area contributed by atoms with Gasteiger partial charge in [0, 0.05) is 6.61 Å². The second-order valence-electron chi connectivity index (χ2n) is 4.74. The molecular weight excluding hydrogens is 260 g/mol. The summed E-state index contributed by atoms with van der Waals surface area (Å²) in [6.45, 7) is 2.93. The molecule has 2 atom stereocenters. The smallest absolute Gasteiger partial charge is 0.341 e. The van der Waals surface area contributed by atoms with Crippen LogP contribution in [0.3, 0.4) is 0 Å². The zero-order valence-corrected chi connectivity index (χ0v) is 11.8. The van der Waals surface area contributed by atoms with Crippen molar-refractivity contribution < 1.29 is 24.1 Å². The number of methoxy groups -OCH3 is 1. The van der Waals surface area contributed by atoms with E-state index < -0.39 is 17.7 Å². The molecule has 1 aliphatic heterocycles. The molecule has 0 saturated carbocycles. The summed E-state index contributed by atoms with van der Waals surface area (Å²) >= 11 is 0. The lowest BCUT2D eigenvalue weighted by Crippen LogP contribution is -2.44. The fourth-order valence-electron chi connectivity index (χ4n) is 2.50. The van der Waals surface area contributed by atoms with Gasteiger partial charge in [-0.3, -0.25) is 0 Å². The Labute approximate surface area is 118 Å². The predicted molar refractivity (Wildman–Crippen MR) is 72.5 cm³/mol. The van der Waals surface area contributed by atoms with Gasteiger partial charge in [0.05, 0.1) is 13.7 Å². The van der Waals surface area contributed by atoms with Crippen molar-refractivity contribution in [3.63, 3.8) is 0 Å². The molecule has 1 aromatic rings. The number of benzene rings is 1. The molecule has 1 fully saturated rings. The molecule has 0 spiro atoms. The van der Waals surface area contributed by atoms with Crippen molar-refractivity contribution in [2.45, 2.75) is 31.5 Å². The number of hydrogen-bond acceptors (Lipinski definition) is 5. The minimum Gasteiger partial charge on any atom is -0.494 e. The second kappa shape index (κ2) is 6.24. The van der Waals surface area contributed by atoms with Crippen molar-refractivity contribution in [1.29, 1.82) is 0 Å². The van der Waals surface area contributed by atoms with Gasteiger partial charge in [-0.15, -0.1) is 0 Å². The van der Waals surface area contributed by atoms with E-state index in [4.69, 9.17) is 14.2 Å². The van der Waals surface area contributed by atoms with Crippen LogP contribution in [0, 0.1) is 0 Å². The van der Waals surface area contributed by atoms with E-state index >= 15 is 0 Å². The molecule has 0 bridgehead atoms. The molecular formula is C15H20O5. The van der Waals surface area contributed by atoms with Gasteiger partial charge in [-0.1, -0.05) is 12.1 Å². The largest absolute Gasteiger partial charge is 0.494 e. The van der Waals surface area contributed by atoms with Crippen molar-refractivity contribution in [1.82, 2.24) is 0 Å². The van der Waals surface area contributed by atoms with E-state index in [0.717, 1.165) is 12.2 Å². The number of ether oxygens (including phenoxy) is 3. The van der Waals surface area contributed by atoms with Crippen LogP contribution in [0.2, 0.25) is 0 Å². The van der Waals surface area contributed by atoms with Crippen LogP contribution < -0.4 is 4.74 Å². The Hall–Kier alpha value is -1.59. The summed E-state index contributed by atoms with van der Waals surface area (Å²) in [6, 6.07) is 7.01. The highest BCUT2D eigenvalue weighted by molar-refractivity contribution is 5.81. The Balaban J connectivity index is 2.23. The molecule has 5 heteroatoms. The SMILES string of the molecule is CCOc1ccc(C(O)C2(C(=O)OC)CCCO2)cc1. The maximum absolute atomic E-state index is 12.0. The fraction of sp³-hybridized carbons (Fsp3) is 0.533. The van der Waals surface area contributed by atoms with Crippen LogP contribution in [-0.2, 0) is 14.3 Å². The molecule has 2 rings (SSSR count). The third kappa shape index (κ3) is 2.64. The van der Waals surface area contributed by atoms with Crippen LogP contribution in [-0.4, -0.2) is 37.0 Å². The van der Waals surface area contributed by atoms with Gasteiger partial charge in [0.15, 0.2) is 5.60 Å². The zero-order valence-electron chi connectivity index (χ0n) is 11.8. The van der Waals surface area contributed by atoms with E-state index in [9.17, 15) is 9.90 Å². The molecule has 2 unspecified atom stereocenters. The van der Waals surface area contributed by atoms with E-state index in [1.807, 2.05) is 6.92 Å². The molecule has 1 heterocycles. The van der Waals surface area contributed by atoms with E-state index in [1.54, 1.807) is 24.3 Å². The normalized spacial score (nSPS) is 23.4. The van der Waals surface area contributed by atoms with E-state index in [1.165, 1.54) is 7.11 Å². The molecule has 0 aliphatic carbocycles. The Morgan fingerprint density at radius 3 is 2.65 bits per heavy atom. The first-order valence-electron chi connectivity index (χ1n) is 6.77. The number of aliphatic hydroxyl groups is 1. The molecule has 20 heavy (non-hydrogen) atoms. The van der Waals surface area contributed by atoms with Crippen LogP contribution in [0.1, 0.15) is 31.4 Å². The Morgan fingerprint density at radius 1 is 1.45 bits per heavy atom. The van der Waals surface area contributed by atoms with Crippen molar-refractivity contribution >= 4 is 5.97 Å². The number of carbonyl (C=O) groups is 1. The summed E-state index contributed by atoms with van der Waals surface area (Å²) in [6.07, 6.45) is 0.130. The first-order chi connectivity index (χ1) is 9.64. The summed E-state index contributed by atoms with van der Waals surface area (Å²) in [5.41, 5.74) is -0.678. The topological polar surface area (TPSA) is 65.0 Å². The molecule has 0 radical (unpaired) electrons. The van der Waals surface area contributed by atoms with Crippen molar-refractivity contribution in [3.05, 3.63) is 29.8 Å². The highest BCUT2D eigenvalue weighted by Crippen LogP contribution is 2.39. The third-order valence-electron chi connectivity index (χ3n) is 3.53. The first-order valence-corrected chi connectivity index (χ1v) is 6.77. The average molecular weight is 280 g/mol. The van der Waals surface area contributed by atoms with Crippen LogP contribution in [0.5, 0.6) is 5.75 Å². The van der Waals surface area contributed by atoms with Gasteiger partial charge in [-0.2, -0.15) is 0 Å². The summed E-state index contributed by atoms with van der Waals surface area (Å²) in [7, 11) is 1.30.